The number of hydrogen-bond acceptors (Lipinski definition) is 1. The van der Waals surface area contributed by atoms with Gasteiger partial charge in [-0.2, -0.15) is 0 Å². The normalized spacial score (nSPS) is 9.82. The molecule has 0 unspecified atom stereocenters. The van der Waals surface area contributed by atoms with Crippen molar-refractivity contribution in [1.29, 1.82) is 0 Å². The summed E-state index contributed by atoms with van der Waals surface area (Å²) in [5.74, 6) is 0. The Labute approximate surface area is 113 Å². The van der Waals surface area contributed by atoms with E-state index in [1.165, 1.54) is 16.7 Å². The van der Waals surface area contributed by atoms with E-state index >= 15 is 0 Å². The van der Waals surface area contributed by atoms with Crippen LogP contribution in [-0.2, 0) is 6.54 Å². The largest absolute Gasteiger partial charge is 0.326 e. The third-order valence-electron chi connectivity index (χ3n) is 2.55. The molecule has 0 atom stereocenters. The van der Waals surface area contributed by atoms with Crippen LogP contribution in [0.5, 0.6) is 0 Å². The molecule has 2 aromatic rings. The Kier molecular flexibility index (Phi) is 5.01. The van der Waals surface area contributed by atoms with Crippen molar-refractivity contribution in [3.05, 3.63) is 58.6 Å². The van der Waals surface area contributed by atoms with E-state index in [1.54, 1.807) is 0 Å². The molecule has 0 heterocycles. The van der Waals surface area contributed by atoms with Crippen molar-refractivity contribution in [2.24, 2.45) is 5.73 Å². The van der Waals surface area contributed by atoms with Crippen LogP contribution in [0.2, 0.25) is 5.02 Å². The van der Waals surface area contributed by atoms with Crippen molar-refractivity contribution in [2.45, 2.75) is 13.5 Å². The molecule has 0 radical (unpaired) electrons. The lowest BCUT2D eigenvalue weighted by Gasteiger charge is -2.06. The maximum Gasteiger partial charge on any atom is 0.0406 e. The summed E-state index contributed by atoms with van der Waals surface area (Å²) in [5.41, 5.74) is 10.4. The second-order valence-electron chi connectivity index (χ2n) is 3.92. The van der Waals surface area contributed by atoms with Crippen molar-refractivity contribution < 1.29 is 0 Å². The first-order valence-electron chi connectivity index (χ1n) is 5.25. The summed E-state index contributed by atoms with van der Waals surface area (Å²) in [5, 5.41) is 0.760. The Bertz CT molecular complexity index is 492. The van der Waals surface area contributed by atoms with Crippen LogP contribution in [0.3, 0.4) is 0 Å². The monoisotopic (exact) mass is 267 g/mol. The summed E-state index contributed by atoms with van der Waals surface area (Å²) in [7, 11) is 0. The molecule has 90 valence electrons. The molecule has 0 spiro atoms. The van der Waals surface area contributed by atoms with Gasteiger partial charge in [-0.15, -0.1) is 12.4 Å². The highest BCUT2D eigenvalue weighted by molar-refractivity contribution is 6.30. The molecule has 0 fully saturated rings. The summed E-state index contributed by atoms with van der Waals surface area (Å²) < 4.78 is 0. The molecule has 0 aliphatic heterocycles. The summed E-state index contributed by atoms with van der Waals surface area (Å²) in [4.78, 5) is 0. The van der Waals surface area contributed by atoms with Crippen LogP contribution in [-0.4, -0.2) is 0 Å². The molecule has 0 saturated heterocycles. The van der Waals surface area contributed by atoms with E-state index in [-0.39, 0.29) is 12.4 Å². The highest BCUT2D eigenvalue weighted by atomic mass is 35.5. The van der Waals surface area contributed by atoms with E-state index in [1.807, 2.05) is 24.3 Å². The lowest BCUT2D eigenvalue weighted by molar-refractivity contribution is 1.07. The zero-order chi connectivity index (χ0) is 11.5. The van der Waals surface area contributed by atoms with Gasteiger partial charge in [0.2, 0.25) is 0 Å². The minimum absolute atomic E-state index is 0. The fourth-order valence-corrected chi connectivity index (χ4v) is 1.92. The summed E-state index contributed by atoms with van der Waals surface area (Å²) in [6.07, 6.45) is 0. The van der Waals surface area contributed by atoms with Gasteiger partial charge >= 0.3 is 0 Å². The van der Waals surface area contributed by atoms with Crippen molar-refractivity contribution in [1.82, 2.24) is 0 Å². The fourth-order valence-electron chi connectivity index (χ4n) is 1.79. The molecule has 2 rings (SSSR count). The Morgan fingerprint density at radius 3 is 2.24 bits per heavy atom. The maximum absolute atomic E-state index is 5.87. The van der Waals surface area contributed by atoms with Gasteiger partial charge in [-0.25, -0.2) is 0 Å². The molecular formula is C14H15Cl2N. The minimum Gasteiger partial charge on any atom is -0.326 e. The average Bonchev–Trinajstić information content (AvgIpc) is 2.29. The van der Waals surface area contributed by atoms with Crippen LogP contribution in [0, 0.1) is 6.92 Å². The predicted octanol–water partition coefficient (Wildman–Crippen LogP) is 4.20. The van der Waals surface area contributed by atoms with Gasteiger partial charge in [-0.3, -0.25) is 0 Å². The Hall–Kier alpha value is -1.02. The van der Waals surface area contributed by atoms with Crippen molar-refractivity contribution in [2.75, 3.05) is 0 Å². The van der Waals surface area contributed by atoms with Crippen LogP contribution in [0.15, 0.2) is 42.5 Å². The number of benzene rings is 2. The quantitative estimate of drug-likeness (QED) is 0.868. The van der Waals surface area contributed by atoms with E-state index in [0.29, 0.717) is 6.54 Å². The Morgan fingerprint density at radius 1 is 1.00 bits per heavy atom. The third-order valence-corrected chi connectivity index (χ3v) is 2.80. The van der Waals surface area contributed by atoms with Gasteiger partial charge < -0.3 is 5.73 Å². The van der Waals surface area contributed by atoms with E-state index in [0.717, 1.165) is 10.6 Å². The van der Waals surface area contributed by atoms with Crippen LogP contribution >= 0.6 is 24.0 Å². The van der Waals surface area contributed by atoms with Gasteiger partial charge in [0.1, 0.15) is 0 Å². The molecule has 17 heavy (non-hydrogen) atoms. The molecule has 0 saturated carbocycles. The molecule has 0 amide bonds. The SMILES string of the molecule is Cc1cc(CN)cc(-c2ccc(Cl)cc2)c1.Cl. The zero-order valence-electron chi connectivity index (χ0n) is 9.61. The van der Waals surface area contributed by atoms with Gasteiger partial charge in [-0.1, -0.05) is 41.4 Å². The van der Waals surface area contributed by atoms with Crippen LogP contribution in [0.4, 0.5) is 0 Å². The molecule has 0 aliphatic rings. The molecule has 2 N–H and O–H groups in total. The maximum atomic E-state index is 5.87. The first-order chi connectivity index (χ1) is 7.69. The Balaban J connectivity index is 0.00000144. The van der Waals surface area contributed by atoms with E-state index in [9.17, 15) is 0 Å². The number of aryl methyl sites for hydroxylation is 1. The smallest absolute Gasteiger partial charge is 0.0406 e. The summed E-state index contributed by atoms with van der Waals surface area (Å²) in [6.45, 7) is 2.65. The topological polar surface area (TPSA) is 26.0 Å². The highest BCUT2D eigenvalue weighted by Crippen LogP contribution is 2.23. The molecule has 1 nitrogen and oxygen atoms in total. The van der Waals surface area contributed by atoms with Crippen LogP contribution < -0.4 is 5.73 Å². The van der Waals surface area contributed by atoms with Gasteiger partial charge in [0.25, 0.3) is 0 Å². The van der Waals surface area contributed by atoms with Gasteiger partial charge in [-0.05, 0) is 41.8 Å². The lowest BCUT2D eigenvalue weighted by atomic mass is 10.0. The van der Waals surface area contributed by atoms with Gasteiger partial charge in [0.15, 0.2) is 0 Å². The first kappa shape index (κ1) is 14.0. The minimum atomic E-state index is 0. The molecule has 0 aliphatic carbocycles. The molecule has 0 bridgehead atoms. The Morgan fingerprint density at radius 2 is 1.65 bits per heavy atom. The fraction of sp³-hybridized carbons (Fsp3) is 0.143. The molecule has 2 aromatic carbocycles. The van der Waals surface area contributed by atoms with Gasteiger partial charge in [0.05, 0.1) is 0 Å². The lowest BCUT2D eigenvalue weighted by Crippen LogP contribution is -1.97. The van der Waals surface area contributed by atoms with Gasteiger partial charge in [0, 0.05) is 11.6 Å². The molecule has 3 heteroatoms. The van der Waals surface area contributed by atoms with E-state index in [2.05, 4.69) is 25.1 Å². The van der Waals surface area contributed by atoms with Crippen molar-refractivity contribution >= 4 is 24.0 Å². The summed E-state index contributed by atoms with van der Waals surface area (Å²) >= 11 is 5.87. The van der Waals surface area contributed by atoms with Crippen molar-refractivity contribution in [3.8, 4) is 11.1 Å². The number of rotatable bonds is 2. The second-order valence-corrected chi connectivity index (χ2v) is 4.35. The van der Waals surface area contributed by atoms with Crippen molar-refractivity contribution in [3.63, 3.8) is 0 Å². The third kappa shape index (κ3) is 3.47. The number of halogens is 2. The second kappa shape index (κ2) is 6.06. The van der Waals surface area contributed by atoms with E-state index < -0.39 is 0 Å². The van der Waals surface area contributed by atoms with E-state index in [4.69, 9.17) is 17.3 Å². The van der Waals surface area contributed by atoms with Crippen LogP contribution in [0.1, 0.15) is 11.1 Å². The standard InChI is InChI=1S/C14H14ClN.ClH/c1-10-6-11(9-16)8-13(7-10)12-2-4-14(15)5-3-12;/h2-8H,9,16H2,1H3;1H. The number of nitrogens with two attached hydrogens (primary N) is 1. The zero-order valence-corrected chi connectivity index (χ0v) is 11.2. The molecule has 0 aromatic heterocycles. The predicted molar refractivity (Wildman–Crippen MR) is 76.8 cm³/mol. The number of hydrogen-bond donors (Lipinski definition) is 1. The van der Waals surface area contributed by atoms with Crippen LogP contribution in [0.25, 0.3) is 11.1 Å². The first-order valence-corrected chi connectivity index (χ1v) is 5.63. The average molecular weight is 268 g/mol. The summed E-state index contributed by atoms with van der Waals surface area (Å²) in [6, 6.07) is 14.2. The highest BCUT2D eigenvalue weighted by Gasteiger charge is 2.00. The molecular weight excluding hydrogens is 253 g/mol.